The summed E-state index contributed by atoms with van der Waals surface area (Å²) in [7, 11) is 0. The van der Waals surface area contributed by atoms with Crippen LogP contribution in [-0.4, -0.2) is 22.1 Å². The SMILES string of the molecule is CC(C)c1cc(Oc2c(Br)cc(CC(=O)N[C@H](C(=O)O)c3ccccc3)cc2Br)cc(Cl)c1O. The van der Waals surface area contributed by atoms with E-state index in [1.165, 1.54) is 6.07 Å². The number of phenolic OH excluding ortho intramolecular Hbond substituents is 1. The molecule has 34 heavy (non-hydrogen) atoms. The summed E-state index contributed by atoms with van der Waals surface area (Å²) in [4.78, 5) is 24.2. The summed E-state index contributed by atoms with van der Waals surface area (Å²) in [6.45, 7) is 3.88. The monoisotopic (exact) mass is 609 g/mol. The number of ether oxygens (including phenoxy) is 1. The van der Waals surface area contributed by atoms with E-state index in [0.717, 1.165) is 0 Å². The molecule has 1 amide bonds. The van der Waals surface area contributed by atoms with E-state index in [9.17, 15) is 19.8 Å². The maximum atomic E-state index is 12.6. The standard InChI is InChI=1S/C25H22Br2ClNO5/c1-13(2)17-11-16(12-20(28)23(17)31)34-24-18(26)8-14(9-19(24)27)10-21(30)29-22(25(32)33)15-6-4-3-5-7-15/h3-9,11-13,22,31H,10H2,1-2H3,(H,29,30)(H,32,33)/t22-/m0/s1. The van der Waals surface area contributed by atoms with E-state index in [1.54, 1.807) is 48.5 Å². The maximum Gasteiger partial charge on any atom is 0.330 e. The van der Waals surface area contributed by atoms with Crippen molar-refractivity contribution in [3.8, 4) is 17.2 Å². The van der Waals surface area contributed by atoms with E-state index in [4.69, 9.17) is 16.3 Å². The predicted octanol–water partition coefficient (Wildman–Crippen LogP) is 6.97. The maximum absolute atomic E-state index is 12.6. The van der Waals surface area contributed by atoms with Gasteiger partial charge in [-0.15, -0.1) is 0 Å². The molecule has 6 nitrogen and oxygen atoms in total. The van der Waals surface area contributed by atoms with Crippen molar-refractivity contribution in [2.75, 3.05) is 0 Å². The molecular formula is C25H22Br2ClNO5. The highest BCUT2D eigenvalue weighted by Gasteiger charge is 2.22. The summed E-state index contributed by atoms with van der Waals surface area (Å²) in [5, 5.41) is 22.5. The summed E-state index contributed by atoms with van der Waals surface area (Å²) >= 11 is 13.1. The molecule has 3 rings (SSSR count). The Balaban J connectivity index is 1.78. The number of carboxylic acids is 1. The molecule has 0 spiro atoms. The number of nitrogens with one attached hydrogen (secondary N) is 1. The van der Waals surface area contributed by atoms with Gasteiger partial charge in [0.15, 0.2) is 11.8 Å². The molecule has 0 aliphatic rings. The van der Waals surface area contributed by atoms with E-state index >= 15 is 0 Å². The zero-order chi connectivity index (χ0) is 25.0. The molecule has 0 saturated heterocycles. The third-order valence-corrected chi connectivity index (χ3v) is 6.48. The molecule has 0 bridgehead atoms. The second-order valence-electron chi connectivity index (χ2n) is 7.91. The van der Waals surface area contributed by atoms with Crippen molar-refractivity contribution in [2.24, 2.45) is 0 Å². The number of benzene rings is 3. The lowest BCUT2D eigenvalue weighted by Gasteiger charge is -2.17. The zero-order valence-corrected chi connectivity index (χ0v) is 22.2. The van der Waals surface area contributed by atoms with E-state index in [0.29, 0.717) is 37.1 Å². The van der Waals surface area contributed by atoms with E-state index in [1.807, 2.05) is 13.8 Å². The van der Waals surface area contributed by atoms with Crippen molar-refractivity contribution in [3.05, 3.63) is 85.3 Å². The van der Waals surface area contributed by atoms with Crippen molar-refractivity contribution >= 4 is 55.3 Å². The summed E-state index contributed by atoms with van der Waals surface area (Å²) in [6, 6.07) is 14.1. The van der Waals surface area contributed by atoms with Gasteiger partial charge in [0.05, 0.1) is 20.4 Å². The van der Waals surface area contributed by atoms with Gasteiger partial charge in [-0.2, -0.15) is 0 Å². The smallest absolute Gasteiger partial charge is 0.330 e. The van der Waals surface area contributed by atoms with Gasteiger partial charge in [0, 0.05) is 11.6 Å². The summed E-state index contributed by atoms with van der Waals surface area (Å²) in [5.74, 6) is -0.591. The van der Waals surface area contributed by atoms with Crippen LogP contribution in [0.25, 0.3) is 0 Å². The van der Waals surface area contributed by atoms with Gasteiger partial charge in [-0.25, -0.2) is 4.79 Å². The Morgan fingerprint density at radius 2 is 1.68 bits per heavy atom. The third-order valence-electron chi connectivity index (χ3n) is 5.02. The lowest BCUT2D eigenvalue weighted by Crippen LogP contribution is -2.34. The first-order chi connectivity index (χ1) is 16.1. The van der Waals surface area contributed by atoms with Crippen molar-refractivity contribution < 1.29 is 24.5 Å². The summed E-state index contributed by atoms with van der Waals surface area (Å²) < 4.78 is 7.18. The van der Waals surface area contributed by atoms with Gasteiger partial charge in [-0.3, -0.25) is 4.79 Å². The Bertz CT molecular complexity index is 1190. The molecule has 3 N–H and O–H groups in total. The Labute approximate surface area is 219 Å². The van der Waals surface area contributed by atoms with Gasteiger partial charge in [0.1, 0.15) is 11.5 Å². The van der Waals surface area contributed by atoms with Gasteiger partial charge >= 0.3 is 5.97 Å². The van der Waals surface area contributed by atoms with Crippen molar-refractivity contribution in [1.29, 1.82) is 0 Å². The van der Waals surface area contributed by atoms with Crippen molar-refractivity contribution in [2.45, 2.75) is 32.2 Å². The van der Waals surface area contributed by atoms with Gasteiger partial charge in [-0.05, 0) is 67.1 Å². The zero-order valence-electron chi connectivity index (χ0n) is 18.3. The van der Waals surface area contributed by atoms with Crippen LogP contribution >= 0.6 is 43.5 Å². The number of carboxylic acid groups (broad SMARTS) is 1. The molecule has 0 aliphatic carbocycles. The number of carbonyl (C=O) groups is 2. The number of aromatic hydroxyl groups is 1. The molecule has 9 heteroatoms. The highest BCUT2D eigenvalue weighted by Crippen LogP contribution is 2.42. The van der Waals surface area contributed by atoms with Crippen LogP contribution in [0.1, 0.15) is 42.5 Å². The minimum Gasteiger partial charge on any atom is -0.506 e. The van der Waals surface area contributed by atoms with Crippen LogP contribution < -0.4 is 10.1 Å². The van der Waals surface area contributed by atoms with Crippen LogP contribution in [0, 0.1) is 0 Å². The van der Waals surface area contributed by atoms with E-state index in [2.05, 4.69) is 37.2 Å². The topological polar surface area (TPSA) is 95.9 Å². The van der Waals surface area contributed by atoms with Gasteiger partial charge in [-0.1, -0.05) is 55.8 Å². The van der Waals surface area contributed by atoms with Crippen molar-refractivity contribution in [3.63, 3.8) is 0 Å². The molecule has 3 aromatic rings. The van der Waals surface area contributed by atoms with Crippen LogP contribution in [0.4, 0.5) is 0 Å². The molecule has 1 atom stereocenters. The fourth-order valence-electron chi connectivity index (χ4n) is 3.35. The predicted molar refractivity (Wildman–Crippen MR) is 138 cm³/mol. The number of phenols is 1. The Morgan fingerprint density at radius 3 is 2.24 bits per heavy atom. The average molecular weight is 612 g/mol. The van der Waals surface area contributed by atoms with Crippen LogP contribution in [0.2, 0.25) is 5.02 Å². The number of halogens is 3. The first-order valence-electron chi connectivity index (χ1n) is 10.3. The molecule has 3 aromatic carbocycles. The third kappa shape index (κ3) is 6.31. The molecule has 0 saturated carbocycles. The number of rotatable bonds is 8. The van der Waals surface area contributed by atoms with Crippen LogP contribution in [0.3, 0.4) is 0 Å². The normalized spacial score (nSPS) is 11.8. The fourth-order valence-corrected chi connectivity index (χ4v) is 5.01. The number of amides is 1. The molecule has 0 radical (unpaired) electrons. The van der Waals surface area contributed by atoms with Crippen LogP contribution in [-0.2, 0) is 16.0 Å². The lowest BCUT2D eigenvalue weighted by molar-refractivity contribution is -0.141. The number of hydrogen-bond acceptors (Lipinski definition) is 4. The van der Waals surface area contributed by atoms with E-state index < -0.39 is 17.9 Å². The Kier molecular flexibility index (Phi) is 8.62. The second-order valence-corrected chi connectivity index (χ2v) is 10.0. The second kappa shape index (κ2) is 11.3. The first-order valence-corrected chi connectivity index (χ1v) is 12.3. The fraction of sp³-hybridized carbons (Fsp3) is 0.200. The molecule has 0 heterocycles. The van der Waals surface area contributed by atoms with E-state index in [-0.39, 0.29) is 23.1 Å². The number of aliphatic carboxylic acids is 1. The summed E-state index contributed by atoms with van der Waals surface area (Å²) in [5.41, 5.74) is 1.80. The lowest BCUT2D eigenvalue weighted by atomic mass is 10.0. The largest absolute Gasteiger partial charge is 0.506 e. The molecule has 0 fully saturated rings. The molecular weight excluding hydrogens is 590 g/mol. The minimum atomic E-state index is -1.14. The van der Waals surface area contributed by atoms with Crippen molar-refractivity contribution in [1.82, 2.24) is 5.32 Å². The highest BCUT2D eigenvalue weighted by molar-refractivity contribution is 9.11. The average Bonchev–Trinajstić information content (AvgIpc) is 2.77. The van der Waals surface area contributed by atoms with Crippen LogP contribution in [0.5, 0.6) is 17.2 Å². The van der Waals surface area contributed by atoms with Crippen LogP contribution in [0.15, 0.2) is 63.5 Å². The minimum absolute atomic E-state index is 0.0266. The number of carbonyl (C=O) groups excluding carboxylic acids is 1. The Hall–Kier alpha value is -2.55. The highest BCUT2D eigenvalue weighted by atomic mass is 79.9. The van der Waals surface area contributed by atoms with Gasteiger partial charge < -0.3 is 20.3 Å². The molecule has 178 valence electrons. The first kappa shape index (κ1) is 26.1. The Morgan fingerprint density at radius 1 is 1.06 bits per heavy atom. The number of hydrogen-bond donors (Lipinski definition) is 3. The quantitative estimate of drug-likeness (QED) is 0.256. The van der Waals surface area contributed by atoms with Gasteiger partial charge in [0.2, 0.25) is 5.91 Å². The molecule has 0 unspecified atom stereocenters. The summed E-state index contributed by atoms with van der Waals surface area (Å²) in [6.07, 6.45) is -0.0311. The molecule has 0 aromatic heterocycles. The van der Waals surface area contributed by atoms with Gasteiger partial charge in [0.25, 0.3) is 0 Å². The molecule has 0 aliphatic heterocycles.